The van der Waals surface area contributed by atoms with E-state index in [1.165, 1.54) is 5.56 Å². The average Bonchev–Trinajstić information content (AvgIpc) is 2.80. The van der Waals surface area contributed by atoms with Crippen molar-refractivity contribution in [2.24, 2.45) is 0 Å². The number of fused-ring (bicyclic) bond motifs is 1. The molecule has 31 heavy (non-hydrogen) atoms. The van der Waals surface area contributed by atoms with Gasteiger partial charge >= 0.3 is 6.03 Å². The minimum atomic E-state index is -0.195. The molecule has 7 heteroatoms. The lowest BCUT2D eigenvalue weighted by atomic mass is 10.1. The number of aromatic nitrogens is 2. The summed E-state index contributed by atoms with van der Waals surface area (Å²) in [6.07, 6.45) is 2.50. The second-order valence-corrected chi connectivity index (χ2v) is 7.88. The number of anilines is 2. The quantitative estimate of drug-likeness (QED) is 0.660. The van der Waals surface area contributed by atoms with Gasteiger partial charge in [-0.1, -0.05) is 31.2 Å². The number of carbonyl (C=O) groups is 1. The molecule has 0 radical (unpaired) electrons. The highest BCUT2D eigenvalue weighted by atomic mass is 16.2. The van der Waals surface area contributed by atoms with E-state index < -0.39 is 0 Å². The van der Waals surface area contributed by atoms with Crippen molar-refractivity contribution in [3.8, 4) is 0 Å². The lowest BCUT2D eigenvalue weighted by Gasteiger charge is -2.33. The summed E-state index contributed by atoms with van der Waals surface area (Å²) in [5.74, 6) is 0.500. The molecule has 1 aromatic heterocycles. The van der Waals surface area contributed by atoms with Crippen LogP contribution in [0, 0.1) is 0 Å². The predicted octanol–water partition coefficient (Wildman–Crippen LogP) is 3.77. The second kappa shape index (κ2) is 9.20. The average molecular weight is 420 g/mol. The van der Waals surface area contributed by atoms with Crippen LogP contribution in [0.25, 0.3) is 11.0 Å². The van der Waals surface area contributed by atoms with Crippen LogP contribution in [0.3, 0.4) is 0 Å². The summed E-state index contributed by atoms with van der Waals surface area (Å²) in [6.45, 7) is 6.04. The Morgan fingerprint density at radius 2 is 1.77 bits per heavy atom. The number of aryl methyl sites for hydroxylation is 2. The number of para-hydroxylation sites is 2. The van der Waals surface area contributed by atoms with Crippen molar-refractivity contribution in [1.29, 1.82) is 0 Å². The maximum atomic E-state index is 13.0. The SMILES string of the molecule is CCc1ccc(NC(=O)NC2CCN(c3nc4ccccc4n(CC)c3=O)CC2)cc1. The maximum absolute atomic E-state index is 13.0. The third-order valence-corrected chi connectivity index (χ3v) is 5.90. The summed E-state index contributed by atoms with van der Waals surface area (Å²) in [7, 11) is 0. The Labute approximate surface area is 182 Å². The van der Waals surface area contributed by atoms with E-state index in [1.54, 1.807) is 4.57 Å². The lowest BCUT2D eigenvalue weighted by Crippen LogP contribution is -2.47. The first-order chi connectivity index (χ1) is 15.1. The van der Waals surface area contributed by atoms with Crippen molar-refractivity contribution < 1.29 is 4.79 Å². The molecule has 2 aromatic carbocycles. The van der Waals surface area contributed by atoms with Crippen LogP contribution in [-0.2, 0) is 13.0 Å². The van der Waals surface area contributed by atoms with Crippen LogP contribution in [0.1, 0.15) is 32.3 Å². The first kappa shape index (κ1) is 20.9. The van der Waals surface area contributed by atoms with Crippen LogP contribution in [-0.4, -0.2) is 34.7 Å². The number of rotatable bonds is 5. The zero-order valence-corrected chi connectivity index (χ0v) is 18.1. The Morgan fingerprint density at radius 1 is 1.06 bits per heavy atom. The molecule has 1 aliphatic rings. The highest BCUT2D eigenvalue weighted by molar-refractivity contribution is 5.89. The van der Waals surface area contributed by atoms with Crippen molar-refractivity contribution in [1.82, 2.24) is 14.9 Å². The molecule has 0 aliphatic carbocycles. The second-order valence-electron chi connectivity index (χ2n) is 7.88. The maximum Gasteiger partial charge on any atom is 0.319 e. The first-order valence-corrected chi connectivity index (χ1v) is 11.0. The monoisotopic (exact) mass is 419 g/mol. The highest BCUT2D eigenvalue weighted by Gasteiger charge is 2.24. The Hall–Kier alpha value is -3.35. The van der Waals surface area contributed by atoms with Crippen LogP contribution < -0.4 is 21.1 Å². The van der Waals surface area contributed by atoms with E-state index >= 15 is 0 Å². The van der Waals surface area contributed by atoms with Crippen molar-refractivity contribution >= 4 is 28.6 Å². The van der Waals surface area contributed by atoms with Crippen molar-refractivity contribution in [2.45, 2.75) is 45.7 Å². The summed E-state index contributed by atoms with van der Waals surface area (Å²) >= 11 is 0. The fourth-order valence-corrected chi connectivity index (χ4v) is 4.11. The van der Waals surface area contributed by atoms with E-state index in [0.717, 1.165) is 36.0 Å². The molecule has 2 heterocycles. The Bertz CT molecular complexity index is 1120. The highest BCUT2D eigenvalue weighted by Crippen LogP contribution is 2.19. The van der Waals surface area contributed by atoms with Gasteiger partial charge in [-0.05, 0) is 56.0 Å². The normalized spacial score (nSPS) is 14.6. The van der Waals surface area contributed by atoms with Gasteiger partial charge in [-0.3, -0.25) is 4.79 Å². The third-order valence-electron chi connectivity index (χ3n) is 5.90. The first-order valence-electron chi connectivity index (χ1n) is 11.0. The fraction of sp³-hybridized carbons (Fsp3) is 0.375. The van der Waals surface area contributed by atoms with Gasteiger partial charge in [-0.25, -0.2) is 9.78 Å². The molecular formula is C24H29N5O2. The molecule has 0 spiro atoms. The molecule has 0 bridgehead atoms. The summed E-state index contributed by atoms with van der Waals surface area (Å²) < 4.78 is 1.78. The van der Waals surface area contributed by atoms with Crippen LogP contribution in [0.4, 0.5) is 16.3 Å². The standard InChI is InChI=1S/C24H29N5O2/c1-3-17-9-11-18(12-10-17)25-24(31)26-19-13-15-28(16-14-19)22-23(30)29(4-2)21-8-6-5-7-20(21)27-22/h5-12,19H,3-4,13-16H2,1-2H3,(H2,25,26,31). The molecule has 1 fully saturated rings. The number of benzene rings is 2. The van der Waals surface area contributed by atoms with Crippen LogP contribution >= 0.6 is 0 Å². The van der Waals surface area contributed by atoms with Gasteiger partial charge < -0.3 is 20.1 Å². The summed E-state index contributed by atoms with van der Waals surface area (Å²) in [5.41, 5.74) is 3.66. The number of carbonyl (C=O) groups excluding carboxylic acids is 1. The smallest absolute Gasteiger partial charge is 0.319 e. The predicted molar refractivity (Wildman–Crippen MR) is 125 cm³/mol. The summed E-state index contributed by atoms with van der Waals surface area (Å²) in [5, 5.41) is 5.95. The van der Waals surface area contributed by atoms with E-state index in [2.05, 4.69) is 22.5 Å². The molecular weight excluding hydrogens is 390 g/mol. The lowest BCUT2D eigenvalue weighted by molar-refractivity contribution is 0.246. The van der Waals surface area contributed by atoms with Crippen molar-refractivity contribution in [3.63, 3.8) is 0 Å². The number of nitrogens with one attached hydrogen (secondary N) is 2. The Balaban J connectivity index is 1.39. The minimum absolute atomic E-state index is 0.0547. The van der Waals surface area contributed by atoms with Gasteiger partial charge in [-0.2, -0.15) is 0 Å². The molecule has 1 saturated heterocycles. The van der Waals surface area contributed by atoms with E-state index in [1.807, 2.05) is 60.4 Å². The zero-order chi connectivity index (χ0) is 21.8. The van der Waals surface area contributed by atoms with Crippen LogP contribution in [0.2, 0.25) is 0 Å². The largest absolute Gasteiger partial charge is 0.352 e. The molecule has 3 aromatic rings. The number of nitrogens with zero attached hydrogens (tertiary/aromatic N) is 3. The number of hydrogen-bond acceptors (Lipinski definition) is 4. The van der Waals surface area contributed by atoms with Gasteiger partial charge in [0.15, 0.2) is 5.82 Å². The molecule has 0 saturated carbocycles. The van der Waals surface area contributed by atoms with Crippen molar-refractivity contribution in [2.75, 3.05) is 23.3 Å². The van der Waals surface area contributed by atoms with E-state index in [9.17, 15) is 9.59 Å². The van der Waals surface area contributed by atoms with Crippen LogP contribution in [0.15, 0.2) is 53.3 Å². The van der Waals surface area contributed by atoms with E-state index in [4.69, 9.17) is 0 Å². The molecule has 1 aliphatic heterocycles. The number of urea groups is 1. The molecule has 2 amide bonds. The van der Waals surface area contributed by atoms with Gasteiger partial charge in [0.2, 0.25) is 0 Å². The topological polar surface area (TPSA) is 79.3 Å². The summed E-state index contributed by atoms with van der Waals surface area (Å²) in [4.78, 5) is 32.1. The zero-order valence-electron chi connectivity index (χ0n) is 18.1. The van der Waals surface area contributed by atoms with Gasteiger partial charge in [0.25, 0.3) is 5.56 Å². The third kappa shape index (κ3) is 4.55. The Morgan fingerprint density at radius 3 is 2.45 bits per heavy atom. The van der Waals surface area contributed by atoms with Crippen LogP contribution in [0.5, 0.6) is 0 Å². The molecule has 0 atom stereocenters. The molecule has 162 valence electrons. The van der Waals surface area contributed by atoms with Gasteiger partial charge in [-0.15, -0.1) is 0 Å². The van der Waals surface area contributed by atoms with Crippen molar-refractivity contribution in [3.05, 3.63) is 64.4 Å². The van der Waals surface area contributed by atoms with E-state index in [-0.39, 0.29) is 17.6 Å². The van der Waals surface area contributed by atoms with Gasteiger partial charge in [0.05, 0.1) is 11.0 Å². The van der Waals surface area contributed by atoms with Gasteiger partial charge in [0, 0.05) is 31.4 Å². The van der Waals surface area contributed by atoms with E-state index in [0.29, 0.717) is 25.5 Å². The summed E-state index contributed by atoms with van der Waals surface area (Å²) in [6, 6.07) is 15.5. The van der Waals surface area contributed by atoms with Gasteiger partial charge in [0.1, 0.15) is 0 Å². The molecule has 2 N–H and O–H groups in total. The Kier molecular flexibility index (Phi) is 6.21. The number of piperidine rings is 1. The molecule has 0 unspecified atom stereocenters. The minimum Gasteiger partial charge on any atom is -0.352 e. The number of amides is 2. The fourth-order valence-electron chi connectivity index (χ4n) is 4.11. The molecule has 7 nitrogen and oxygen atoms in total. The molecule has 4 rings (SSSR count). The number of hydrogen-bond donors (Lipinski definition) is 2.